The topological polar surface area (TPSA) is 321 Å². The molecule has 0 aliphatic heterocycles. The first kappa shape index (κ1) is 55.4. The molecule has 6 rings (SSSR count). The predicted molar refractivity (Wildman–Crippen MR) is 254 cm³/mol. The van der Waals surface area contributed by atoms with Gasteiger partial charge < -0.3 is 57.6 Å². The van der Waals surface area contributed by atoms with E-state index in [1.807, 2.05) is 0 Å². The third-order valence-corrected chi connectivity index (χ3v) is 13.4. The molecule has 0 bridgehead atoms. The molecule has 0 fully saturated rings. The minimum Gasteiger partial charge on any atom is -0.494 e. The molecule has 384 valence electrons. The molecular formula is C43H54F2N10O14P2. The van der Waals surface area contributed by atoms with Crippen LogP contribution in [0.2, 0.25) is 0 Å². The van der Waals surface area contributed by atoms with E-state index < -0.39 is 44.6 Å². The van der Waals surface area contributed by atoms with E-state index in [0.717, 1.165) is 0 Å². The van der Waals surface area contributed by atoms with Crippen molar-refractivity contribution in [2.45, 2.75) is 46.1 Å². The van der Waals surface area contributed by atoms with Crippen molar-refractivity contribution in [3.63, 3.8) is 0 Å². The van der Waals surface area contributed by atoms with Gasteiger partial charge in [-0.05, 0) is 35.4 Å². The van der Waals surface area contributed by atoms with Gasteiger partial charge in [0.15, 0.2) is 57.0 Å². The van der Waals surface area contributed by atoms with Crippen LogP contribution in [0.1, 0.15) is 30.9 Å². The van der Waals surface area contributed by atoms with Gasteiger partial charge in [0, 0.05) is 25.9 Å². The first-order chi connectivity index (χ1) is 34.0. The van der Waals surface area contributed by atoms with E-state index in [4.69, 9.17) is 48.5 Å². The molecule has 28 heteroatoms. The van der Waals surface area contributed by atoms with Crippen LogP contribution in [-0.2, 0) is 72.6 Å². The maximum Gasteiger partial charge on any atom is 0.333 e. The number of aromatic nitrogens is 8. The van der Waals surface area contributed by atoms with Gasteiger partial charge in [-0.3, -0.25) is 38.3 Å². The first-order valence-corrected chi connectivity index (χ1v) is 25.1. The number of carbonyl (C=O) groups excluding carboxylic acids is 2. The summed E-state index contributed by atoms with van der Waals surface area (Å²) in [4.78, 5) is 68.1. The molecule has 0 saturated heterocycles. The number of rotatable bonds is 29. The molecule has 0 amide bonds. The quantitative estimate of drug-likeness (QED) is 0.0281. The summed E-state index contributed by atoms with van der Waals surface area (Å²) in [6.45, 7) is 4.86. The van der Waals surface area contributed by atoms with Gasteiger partial charge in [0.2, 0.25) is 11.9 Å². The number of hydrogen-bond acceptors (Lipinski definition) is 20. The molecule has 4 heterocycles. The molecule has 2 aromatic carbocycles. The number of anilines is 2. The number of imidazole rings is 2. The number of H-pyrrole nitrogens is 2. The summed E-state index contributed by atoms with van der Waals surface area (Å²) in [5.41, 5.74) is 12.0. The molecule has 0 spiro atoms. The van der Waals surface area contributed by atoms with Crippen LogP contribution in [-0.4, -0.2) is 117 Å². The van der Waals surface area contributed by atoms with Crippen LogP contribution in [0.25, 0.3) is 22.3 Å². The molecule has 0 aliphatic rings. The number of ether oxygens (including phenoxy) is 4. The van der Waals surface area contributed by atoms with E-state index in [1.165, 1.54) is 57.2 Å². The number of halogens is 2. The number of nitrogens with one attached hydrogen (secondary N) is 2. The van der Waals surface area contributed by atoms with Crippen molar-refractivity contribution in [2.75, 3.05) is 77.7 Å². The van der Waals surface area contributed by atoms with Crippen LogP contribution in [0.5, 0.6) is 11.5 Å². The van der Waals surface area contributed by atoms with Gasteiger partial charge >= 0.3 is 15.2 Å². The number of hydrogen-bond donors (Lipinski definition) is 4. The summed E-state index contributed by atoms with van der Waals surface area (Å²) in [5, 5.41) is 0. The van der Waals surface area contributed by atoms with E-state index >= 15 is 0 Å². The number of aromatic amines is 2. The summed E-state index contributed by atoms with van der Waals surface area (Å²) < 4.78 is 100. The number of methoxy groups -OCH3 is 2. The summed E-state index contributed by atoms with van der Waals surface area (Å²) in [7, 11) is -4.81. The molecule has 6 N–H and O–H groups in total. The Kier molecular flexibility index (Phi) is 20.8. The van der Waals surface area contributed by atoms with Gasteiger partial charge in [-0.15, -0.1) is 6.58 Å². The zero-order chi connectivity index (χ0) is 51.6. The second kappa shape index (κ2) is 26.6. The van der Waals surface area contributed by atoms with Crippen molar-refractivity contribution in [1.29, 1.82) is 0 Å². The van der Waals surface area contributed by atoms with Crippen molar-refractivity contribution >= 4 is 61.0 Å². The number of nitrogen functional groups attached to an aromatic ring is 2. The highest BCUT2D eigenvalue weighted by Gasteiger charge is 2.28. The predicted octanol–water partition coefficient (Wildman–Crippen LogP) is 4.71. The molecule has 6 aromatic rings. The highest BCUT2D eigenvalue weighted by atomic mass is 31.2. The third kappa shape index (κ3) is 16.5. The van der Waals surface area contributed by atoms with Crippen LogP contribution in [0.3, 0.4) is 0 Å². The average molecular weight is 1030 g/mol. The fourth-order valence-corrected chi connectivity index (χ4v) is 8.84. The monoisotopic (exact) mass is 1030 g/mol. The number of ketones is 2. The lowest BCUT2D eigenvalue weighted by atomic mass is 10.2. The Bertz CT molecular complexity index is 3000. The van der Waals surface area contributed by atoms with Crippen molar-refractivity contribution in [2.24, 2.45) is 0 Å². The second-order valence-electron chi connectivity index (χ2n) is 15.0. The van der Waals surface area contributed by atoms with Gasteiger partial charge in [0.05, 0.1) is 78.8 Å². The average Bonchev–Trinajstić information content (AvgIpc) is 3.95. The number of nitrogens with zero attached hydrogens (tertiary/aromatic N) is 6. The fraction of sp³-hybridized carbons (Fsp3) is 0.395. The summed E-state index contributed by atoms with van der Waals surface area (Å²) in [5.74, 6) is -1.66. The Morgan fingerprint density at radius 3 is 1.54 bits per heavy atom. The third-order valence-electron chi connectivity index (χ3n) is 9.86. The number of carbonyl (C=O) groups is 2. The lowest BCUT2D eigenvalue weighted by Gasteiger charge is -2.18. The Labute approximate surface area is 404 Å². The first-order valence-electron chi connectivity index (χ1n) is 21.6. The molecule has 0 aliphatic carbocycles. The van der Waals surface area contributed by atoms with E-state index in [2.05, 4.69) is 36.5 Å². The maximum atomic E-state index is 14.0. The molecule has 4 aromatic heterocycles. The van der Waals surface area contributed by atoms with Crippen LogP contribution in [0.4, 0.5) is 20.7 Å². The number of nitrogens with two attached hydrogens (primary N) is 2. The van der Waals surface area contributed by atoms with Gasteiger partial charge in [-0.1, -0.05) is 25.1 Å². The Morgan fingerprint density at radius 1 is 0.704 bits per heavy atom. The van der Waals surface area contributed by atoms with Crippen LogP contribution in [0.15, 0.2) is 71.3 Å². The molecule has 0 saturated carbocycles. The smallest absolute Gasteiger partial charge is 0.333 e. The molecule has 24 nitrogen and oxygen atoms in total. The lowest BCUT2D eigenvalue weighted by molar-refractivity contribution is -0.121. The van der Waals surface area contributed by atoms with Crippen molar-refractivity contribution in [3.05, 3.63) is 105 Å². The van der Waals surface area contributed by atoms with Gasteiger partial charge in [0.1, 0.15) is 13.2 Å². The molecule has 2 unspecified atom stereocenters. The summed E-state index contributed by atoms with van der Waals surface area (Å²) >= 11 is 0. The minimum atomic E-state index is -3.78. The van der Waals surface area contributed by atoms with Crippen molar-refractivity contribution < 1.29 is 64.5 Å². The van der Waals surface area contributed by atoms with Crippen molar-refractivity contribution in [3.8, 4) is 11.5 Å². The van der Waals surface area contributed by atoms with E-state index in [9.17, 15) is 37.1 Å². The highest BCUT2D eigenvalue weighted by Crippen LogP contribution is 2.49. The zero-order valence-corrected chi connectivity index (χ0v) is 40.8. The summed E-state index contributed by atoms with van der Waals surface area (Å²) in [6.07, 6.45) is 4.29. The highest BCUT2D eigenvalue weighted by molar-refractivity contribution is 7.54. The Hall–Kier alpha value is -6.50. The Balaban J connectivity index is 0.000000264. The second-order valence-corrected chi connectivity index (χ2v) is 19.3. The lowest BCUT2D eigenvalue weighted by Crippen LogP contribution is -2.14. The normalized spacial score (nSPS) is 13.0. The van der Waals surface area contributed by atoms with E-state index in [-0.39, 0.29) is 117 Å². The molecule has 71 heavy (non-hydrogen) atoms. The van der Waals surface area contributed by atoms with Crippen LogP contribution in [0, 0.1) is 11.6 Å². The Morgan fingerprint density at radius 2 is 1.14 bits per heavy atom. The number of fused-ring (bicyclic) bond motifs is 2. The largest absolute Gasteiger partial charge is 0.494 e. The number of allylic oxidation sites excluding steroid dienone is 1. The van der Waals surface area contributed by atoms with Gasteiger partial charge in [-0.25, -0.2) is 18.7 Å². The fourth-order valence-electron chi connectivity index (χ4n) is 6.09. The molecule has 2 atom stereocenters. The summed E-state index contributed by atoms with van der Waals surface area (Å²) in [6, 6.07) is 8.39. The minimum absolute atomic E-state index is 0.00263. The van der Waals surface area contributed by atoms with Crippen LogP contribution >= 0.6 is 15.2 Å². The number of Topliss-reactive ketones (excluding diaryl/α,β-unsaturated/α-hetero) is 2. The van der Waals surface area contributed by atoms with E-state index in [0.29, 0.717) is 35.5 Å². The maximum absolute atomic E-state index is 14.0. The van der Waals surface area contributed by atoms with Crippen LogP contribution < -0.4 is 32.1 Å². The van der Waals surface area contributed by atoms with E-state index in [1.54, 1.807) is 28.2 Å². The number of benzene rings is 2. The zero-order valence-electron chi connectivity index (χ0n) is 39.0. The van der Waals surface area contributed by atoms with Gasteiger partial charge in [0.25, 0.3) is 11.1 Å². The van der Waals surface area contributed by atoms with Gasteiger partial charge in [-0.2, -0.15) is 9.97 Å². The van der Waals surface area contributed by atoms with Crippen molar-refractivity contribution in [1.82, 2.24) is 39.0 Å². The SMILES string of the molecule is C=CCC(=O)COP(=O)(CCOCCn1cnc2c(=O)[nH]c(N)nc21)OCc1ccc(OC)c(F)c1.CCC(=O)COP(=O)(CCOCCn1cnc2c(=O)[nH]c(N)nc21)OCc1ccc(OC)c(F)c1. The standard InChI is InChI=1S/C22H27FN5O7P.C21H27FN5O7P/c1-3-4-16(29)13-35-36(31,34-12-15-5-6-18(32-2)17(23)11-15)10-9-33-8-7-28-14-25-19-20(28)26-22(24)27-21(19)30;1-3-15(28)12-34-35(30,33-11-14-4-5-17(31-2)16(22)10-14)9-8-32-7-6-27-13-24-18-19(27)25-21(23)26-20(18)29/h3,5-6,11,14H,1,4,7-10,12-13H2,2H3,(H3,24,26,27,30);4-5,10,13H,3,6-9,11-12H2,1-2H3,(H3,23,25,26,29). The molecule has 0 radical (unpaired) electrons. The molecular weight excluding hydrogens is 980 g/mol.